The molecule has 2 heterocycles. The number of pyridine rings is 1. The van der Waals surface area contributed by atoms with Crippen molar-refractivity contribution in [3.63, 3.8) is 0 Å². The summed E-state index contributed by atoms with van der Waals surface area (Å²) >= 11 is 0. The molecule has 0 aliphatic carbocycles. The number of nitrogens with zero attached hydrogens (tertiary/aromatic N) is 1. The molecule has 0 amide bonds. The molecule has 2 aromatic heterocycles. The van der Waals surface area contributed by atoms with E-state index in [4.69, 9.17) is 10.2 Å². The molecule has 19 heavy (non-hydrogen) atoms. The normalized spacial score (nSPS) is 11.4. The molecule has 0 bridgehead atoms. The van der Waals surface area contributed by atoms with Crippen LogP contribution in [-0.4, -0.2) is 4.98 Å². The quantitative estimate of drug-likeness (QED) is 0.784. The maximum atomic E-state index is 6.15. The molecule has 0 fully saturated rings. The van der Waals surface area contributed by atoms with Crippen LogP contribution in [0.15, 0.2) is 59.3 Å². The van der Waals surface area contributed by atoms with Crippen molar-refractivity contribution in [2.24, 2.45) is 5.73 Å². The Morgan fingerprint density at radius 1 is 1.05 bits per heavy atom. The highest BCUT2D eigenvalue weighted by molar-refractivity contribution is 5.85. The van der Waals surface area contributed by atoms with E-state index in [1.807, 2.05) is 42.5 Å². The summed E-state index contributed by atoms with van der Waals surface area (Å²) in [6.07, 6.45) is 3.49. The van der Waals surface area contributed by atoms with Gasteiger partial charge in [-0.15, -0.1) is 24.8 Å². The number of para-hydroxylation sites is 1. The summed E-state index contributed by atoms with van der Waals surface area (Å²) in [5, 5.41) is 1.07. The molecular weight excluding hydrogens is 283 g/mol. The van der Waals surface area contributed by atoms with Crippen molar-refractivity contribution in [1.29, 1.82) is 0 Å². The number of benzene rings is 1. The summed E-state index contributed by atoms with van der Waals surface area (Å²) < 4.78 is 5.73. The molecule has 5 heteroatoms. The summed E-state index contributed by atoms with van der Waals surface area (Å²) in [4.78, 5) is 4.06. The van der Waals surface area contributed by atoms with E-state index in [-0.39, 0.29) is 30.9 Å². The minimum absolute atomic E-state index is 0. The molecule has 2 N–H and O–H groups in total. The first-order chi connectivity index (χ1) is 8.34. The molecule has 0 radical (unpaired) electrons. The number of aromatic nitrogens is 1. The number of nitrogens with two attached hydrogens (primary N) is 1. The Kier molecular flexibility index (Phi) is 5.36. The average molecular weight is 297 g/mol. The third-order valence-electron chi connectivity index (χ3n) is 2.79. The maximum Gasteiger partial charge on any atom is 0.134 e. The van der Waals surface area contributed by atoms with Crippen LogP contribution in [0, 0.1) is 0 Å². The van der Waals surface area contributed by atoms with Gasteiger partial charge in [-0.3, -0.25) is 4.98 Å². The Morgan fingerprint density at radius 2 is 1.84 bits per heavy atom. The van der Waals surface area contributed by atoms with E-state index in [9.17, 15) is 0 Å². The van der Waals surface area contributed by atoms with Crippen molar-refractivity contribution in [1.82, 2.24) is 4.98 Å². The van der Waals surface area contributed by atoms with Crippen LogP contribution >= 0.6 is 24.8 Å². The molecule has 3 rings (SSSR count). The molecule has 0 saturated heterocycles. The summed E-state index contributed by atoms with van der Waals surface area (Å²) in [6.45, 7) is 0. The lowest BCUT2D eigenvalue weighted by molar-refractivity contribution is 0.524. The van der Waals surface area contributed by atoms with Crippen LogP contribution in [0.5, 0.6) is 0 Å². The van der Waals surface area contributed by atoms with Gasteiger partial charge in [-0.1, -0.05) is 24.3 Å². The van der Waals surface area contributed by atoms with Crippen molar-refractivity contribution < 1.29 is 4.42 Å². The first-order valence-electron chi connectivity index (χ1n) is 5.48. The number of hydrogen-bond acceptors (Lipinski definition) is 3. The van der Waals surface area contributed by atoms with Gasteiger partial charge in [0, 0.05) is 17.8 Å². The molecule has 3 nitrogen and oxygen atoms in total. The van der Waals surface area contributed by atoms with Crippen molar-refractivity contribution in [3.8, 4) is 0 Å². The third kappa shape index (κ3) is 3.07. The predicted octanol–water partition coefficient (Wildman–Crippen LogP) is 3.72. The number of furan rings is 1. The lowest BCUT2D eigenvalue weighted by atomic mass is 10.1. The fourth-order valence-electron chi connectivity index (χ4n) is 1.88. The van der Waals surface area contributed by atoms with E-state index >= 15 is 0 Å². The molecule has 0 unspecified atom stereocenters. The highest BCUT2D eigenvalue weighted by Gasteiger charge is 2.13. The molecule has 3 aromatic rings. The minimum atomic E-state index is -0.268. The molecule has 1 aromatic carbocycles. The monoisotopic (exact) mass is 296 g/mol. The maximum absolute atomic E-state index is 6.15. The number of halogens is 2. The van der Waals surface area contributed by atoms with Gasteiger partial charge in [-0.2, -0.15) is 0 Å². The second kappa shape index (κ2) is 6.57. The van der Waals surface area contributed by atoms with Gasteiger partial charge in [0.05, 0.1) is 6.04 Å². The van der Waals surface area contributed by atoms with Crippen molar-refractivity contribution >= 4 is 35.8 Å². The fourth-order valence-corrected chi connectivity index (χ4v) is 1.88. The van der Waals surface area contributed by atoms with Crippen LogP contribution in [0.25, 0.3) is 11.0 Å². The van der Waals surface area contributed by atoms with Gasteiger partial charge in [0.15, 0.2) is 0 Å². The number of hydrogen-bond donors (Lipinski definition) is 1. The highest BCUT2D eigenvalue weighted by atomic mass is 35.5. The Morgan fingerprint density at radius 3 is 2.53 bits per heavy atom. The Bertz CT molecular complexity index is 607. The van der Waals surface area contributed by atoms with Crippen LogP contribution < -0.4 is 5.73 Å². The zero-order chi connectivity index (χ0) is 11.7. The van der Waals surface area contributed by atoms with E-state index in [0.29, 0.717) is 0 Å². The molecule has 0 aliphatic rings. The molecule has 100 valence electrons. The lowest BCUT2D eigenvalue weighted by Gasteiger charge is -2.07. The minimum Gasteiger partial charge on any atom is -0.459 e. The van der Waals surface area contributed by atoms with Crippen LogP contribution in [0.3, 0.4) is 0 Å². The molecular formula is C14H14Cl2N2O. The summed E-state index contributed by atoms with van der Waals surface area (Å²) in [5.74, 6) is 0.763. The SMILES string of the molecule is Cl.Cl.N[C@@H](c1cccnc1)c1cc2ccccc2o1. The highest BCUT2D eigenvalue weighted by Crippen LogP contribution is 2.25. The van der Waals surface area contributed by atoms with Crippen LogP contribution in [0.1, 0.15) is 17.4 Å². The molecule has 0 aliphatic heterocycles. The fraction of sp³-hybridized carbons (Fsp3) is 0.0714. The summed E-state index contributed by atoms with van der Waals surface area (Å²) in [6, 6.07) is 13.4. The van der Waals surface area contributed by atoms with E-state index in [0.717, 1.165) is 22.3 Å². The zero-order valence-electron chi connectivity index (χ0n) is 10.0. The molecule has 1 atom stereocenters. The second-order valence-corrected chi connectivity index (χ2v) is 3.95. The van der Waals surface area contributed by atoms with E-state index in [1.54, 1.807) is 12.4 Å². The van der Waals surface area contributed by atoms with Gasteiger partial charge < -0.3 is 10.2 Å². The first-order valence-corrected chi connectivity index (χ1v) is 5.48. The van der Waals surface area contributed by atoms with E-state index < -0.39 is 0 Å². The molecule has 0 spiro atoms. The summed E-state index contributed by atoms with van der Waals surface area (Å²) in [5.41, 5.74) is 7.96. The predicted molar refractivity (Wildman–Crippen MR) is 81.0 cm³/mol. The Hall–Kier alpha value is -1.55. The van der Waals surface area contributed by atoms with Crippen molar-refractivity contribution in [3.05, 3.63) is 66.2 Å². The van der Waals surface area contributed by atoms with Gasteiger partial charge in [0.2, 0.25) is 0 Å². The van der Waals surface area contributed by atoms with Gasteiger partial charge in [-0.05, 0) is 23.8 Å². The van der Waals surface area contributed by atoms with Crippen LogP contribution in [0.4, 0.5) is 0 Å². The van der Waals surface area contributed by atoms with E-state index in [2.05, 4.69) is 4.98 Å². The average Bonchev–Trinajstić information content (AvgIpc) is 2.82. The van der Waals surface area contributed by atoms with E-state index in [1.165, 1.54) is 0 Å². The zero-order valence-corrected chi connectivity index (χ0v) is 11.7. The van der Waals surface area contributed by atoms with Gasteiger partial charge in [0.25, 0.3) is 0 Å². The van der Waals surface area contributed by atoms with Crippen LogP contribution in [0.2, 0.25) is 0 Å². The first kappa shape index (κ1) is 15.5. The standard InChI is InChI=1S/C14H12N2O.2ClH/c15-14(11-5-3-7-16-9-11)13-8-10-4-1-2-6-12(10)17-13;;/h1-9,14H,15H2;2*1H/t14-;;/m0../s1. The lowest BCUT2D eigenvalue weighted by Crippen LogP contribution is -2.10. The Labute approximate surface area is 123 Å². The second-order valence-electron chi connectivity index (χ2n) is 3.95. The van der Waals surface area contributed by atoms with Gasteiger partial charge >= 0.3 is 0 Å². The smallest absolute Gasteiger partial charge is 0.134 e. The topological polar surface area (TPSA) is 52.0 Å². The van der Waals surface area contributed by atoms with Crippen LogP contribution in [-0.2, 0) is 0 Å². The largest absolute Gasteiger partial charge is 0.459 e. The molecule has 0 saturated carbocycles. The third-order valence-corrected chi connectivity index (χ3v) is 2.79. The number of rotatable bonds is 2. The Balaban J connectivity index is 0.000000902. The van der Waals surface area contributed by atoms with Crippen molar-refractivity contribution in [2.75, 3.05) is 0 Å². The van der Waals surface area contributed by atoms with Crippen molar-refractivity contribution in [2.45, 2.75) is 6.04 Å². The van der Waals surface area contributed by atoms with Gasteiger partial charge in [-0.25, -0.2) is 0 Å². The summed E-state index contributed by atoms with van der Waals surface area (Å²) in [7, 11) is 0. The number of fused-ring (bicyclic) bond motifs is 1. The van der Waals surface area contributed by atoms with Gasteiger partial charge in [0.1, 0.15) is 11.3 Å².